The fraction of sp³-hybridized carbons (Fsp3) is 0.788. The third-order valence-corrected chi connectivity index (χ3v) is 7.98. The average molecular weight is 631 g/mol. The first-order valence-corrected chi connectivity index (χ1v) is 18.2. The zero-order chi connectivity index (χ0) is 32.0. The van der Waals surface area contributed by atoms with Crippen LogP contribution in [0.15, 0.2) is 36.5 Å². The van der Waals surface area contributed by atoms with E-state index in [4.69, 9.17) is 14.8 Å². The van der Waals surface area contributed by atoms with E-state index in [-0.39, 0.29) is 19.6 Å². The monoisotopic (exact) mass is 630 g/mol. The summed E-state index contributed by atoms with van der Waals surface area (Å²) in [5.74, 6) is -0.478. The van der Waals surface area contributed by atoms with Crippen molar-refractivity contribution < 1.29 is 33.5 Å². The number of aliphatic hydroxyl groups excluding tert-OH is 2. The number of nitrogens with two attached hydrogens (primary N) is 1. The number of amides is 1. The van der Waals surface area contributed by atoms with Crippen LogP contribution in [0.25, 0.3) is 0 Å². The van der Waals surface area contributed by atoms with Crippen LogP contribution < -0.4 is 11.1 Å². The van der Waals surface area contributed by atoms with Crippen molar-refractivity contribution in [2.24, 2.45) is 5.73 Å². The lowest BCUT2D eigenvalue weighted by Gasteiger charge is -2.24. The molecular weight excluding hydrogens is 567 g/mol. The average Bonchev–Trinajstić information content (AvgIpc) is 2.97. The van der Waals surface area contributed by atoms with Crippen molar-refractivity contribution in [2.45, 2.75) is 148 Å². The molecule has 0 heterocycles. The molecule has 4 atom stereocenters. The van der Waals surface area contributed by atoms with Crippen molar-refractivity contribution in [3.8, 4) is 0 Å². The van der Waals surface area contributed by atoms with Crippen molar-refractivity contribution in [3.63, 3.8) is 0 Å². The molecule has 1 amide bonds. The lowest BCUT2D eigenvalue weighted by Crippen LogP contribution is -2.46. The Morgan fingerprint density at radius 1 is 0.791 bits per heavy atom. The van der Waals surface area contributed by atoms with Crippen LogP contribution in [-0.2, 0) is 18.4 Å². The number of carbonyl (C=O) groups is 1. The summed E-state index contributed by atoms with van der Waals surface area (Å²) in [6, 6.07) is -1.00. The highest BCUT2D eigenvalue weighted by Gasteiger charge is 2.27. The van der Waals surface area contributed by atoms with Gasteiger partial charge in [-0.3, -0.25) is 13.8 Å². The summed E-state index contributed by atoms with van der Waals surface area (Å²) >= 11 is 0. The van der Waals surface area contributed by atoms with Crippen molar-refractivity contribution >= 4 is 13.7 Å². The van der Waals surface area contributed by atoms with E-state index in [1.54, 1.807) is 6.08 Å². The molecule has 0 aliphatic rings. The van der Waals surface area contributed by atoms with E-state index in [2.05, 4.69) is 43.5 Å². The molecule has 6 N–H and O–H groups in total. The normalized spacial score (nSPS) is 15.8. The Bertz CT molecular complexity index is 791. The van der Waals surface area contributed by atoms with Gasteiger partial charge >= 0.3 is 7.82 Å². The number of hydrogen-bond acceptors (Lipinski definition) is 7. The van der Waals surface area contributed by atoms with Crippen LogP contribution in [0, 0.1) is 0 Å². The Balaban J connectivity index is 4.63. The number of phosphoric ester groups is 1. The fourth-order valence-electron chi connectivity index (χ4n) is 4.42. The highest BCUT2D eigenvalue weighted by atomic mass is 31.2. The van der Waals surface area contributed by atoms with Crippen LogP contribution in [0.3, 0.4) is 0 Å². The SMILES string of the molecule is CCCCCC/C=C/CC/C=C/C(O)C(COP(=O)(O)OCCN)NC(=O)CC(O)CCC/C=C\CCCCCCCC. The lowest BCUT2D eigenvalue weighted by atomic mass is 10.1. The molecule has 43 heavy (non-hydrogen) atoms. The molecule has 0 fully saturated rings. The quantitative estimate of drug-likeness (QED) is 0.0323. The van der Waals surface area contributed by atoms with Gasteiger partial charge in [0.15, 0.2) is 0 Å². The van der Waals surface area contributed by atoms with Crippen LogP contribution in [0.5, 0.6) is 0 Å². The molecule has 0 spiro atoms. The van der Waals surface area contributed by atoms with Crippen molar-refractivity contribution in [2.75, 3.05) is 19.8 Å². The standard InChI is InChI=1S/C33H63N2O7P/c1-3-5-7-9-11-13-15-16-18-20-22-24-30(36)28-33(38)35-31(29-42-43(39,40)41-27-26-34)32(37)25-23-21-19-17-14-12-10-8-6-4-2/h14,16-18,23,25,30-32,36-37H,3-13,15,19-22,24,26-29,34H2,1-2H3,(H,35,38)(H,39,40)/b17-14+,18-16-,25-23+. The Hall–Kier alpha value is -1.32. The Kier molecular flexibility index (Phi) is 28.5. The zero-order valence-electron chi connectivity index (χ0n) is 27.0. The minimum atomic E-state index is -4.40. The van der Waals surface area contributed by atoms with Crippen LogP contribution in [0.1, 0.15) is 129 Å². The summed E-state index contributed by atoms with van der Waals surface area (Å²) in [5, 5.41) is 23.7. The molecule has 252 valence electrons. The predicted octanol–water partition coefficient (Wildman–Crippen LogP) is 7.02. The zero-order valence-corrected chi connectivity index (χ0v) is 27.9. The van der Waals surface area contributed by atoms with E-state index in [9.17, 15) is 24.5 Å². The predicted molar refractivity (Wildman–Crippen MR) is 177 cm³/mol. The van der Waals surface area contributed by atoms with E-state index >= 15 is 0 Å². The van der Waals surface area contributed by atoms with Crippen molar-refractivity contribution in [1.82, 2.24) is 5.32 Å². The molecule has 0 aromatic carbocycles. The number of carbonyl (C=O) groups excluding carboxylic acids is 1. The van der Waals surface area contributed by atoms with Gasteiger partial charge in [-0.2, -0.15) is 0 Å². The smallest absolute Gasteiger partial charge is 0.393 e. The topological polar surface area (TPSA) is 151 Å². The van der Waals surface area contributed by atoms with Gasteiger partial charge in [0.25, 0.3) is 0 Å². The summed E-state index contributed by atoms with van der Waals surface area (Å²) in [6.45, 7) is 3.84. The van der Waals surface area contributed by atoms with Gasteiger partial charge in [-0.15, -0.1) is 0 Å². The molecule has 0 saturated carbocycles. The molecule has 4 unspecified atom stereocenters. The summed E-state index contributed by atoms with van der Waals surface area (Å²) in [5.41, 5.74) is 5.32. The molecule has 0 rings (SSSR count). The van der Waals surface area contributed by atoms with E-state index in [1.807, 2.05) is 6.08 Å². The van der Waals surface area contributed by atoms with Gasteiger partial charge in [-0.05, 0) is 57.8 Å². The van der Waals surface area contributed by atoms with E-state index in [1.165, 1.54) is 64.2 Å². The molecule has 0 bridgehead atoms. The van der Waals surface area contributed by atoms with E-state index in [0.29, 0.717) is 12.8 Å². The summed E-state index contributed by atoms with van der Waals surface area (Å²) in [4.78, 5) is 22.5. The third kappa shape index (κ3) is 27.9. The van der Waals surface area contributed by atoms with Crippen molar-refractivity contribution in [1.29, 1.82) is 0 Å². The van der Waals surface area contributed by atoms with Gasteiger partial charge in [0.05, 0.1) is 37.9 Å². The van der Waals surface area contributed by atoms with Crippen LogP contribution in [0.2, 0.25) is 0 Å². The number of phosphoric acid groups is 1. The Morgan fingerprint density at radius 3 is 1.95 bits per heavy atom. The number of hydrogen-bond donors (Lipinski definition) is 5. The Morgan fingerprint density at radius 2 is 1.33 bits per heavy atom. The number of nitrogens with one attached hydrogen (secondary N) is 1. The molecule has 0 aliphatic heterocycles. The molecule has 0 aliphatic carbocycles. The van der Waals surface area contributed by atoms with E-state index < -0.39 is 38.6 Å². The number of unbranched alkanes of at least 4 members (excludes halogenated alkanes) is 12. The molecule has 9 nitrogen and oxygen atoms in total. The van der Waals surface area contributed by atoms with Crippen LogP contribution in [-0.4, -0.2) is 59.0 Å². The molecule has 0 saturated heterocycles. The summed E-state index contributed by atoms with van der Waals surface area (Å²) < 4.78 is 21.8. The second-order valence-electron chi connectivity index (χ2n) is 11.2. The minimum absolute atomic E-state index is 0.0411. The molecule has 0 aromatic rings. The minimum Gasteiger partial charge on any atom is -0.393 e. The van der Waals surface area contributed by atoms with Gasteiger partial charge in [-0.1, -0.05) is 102 Å². The van der Waals surface area contributed by atoms with Gasteiger partial charge in [0.2, 0.25) is 5.91 Å². The molecule has 0 aromatic heterocycles. The van der Waals surface area contributed by atoms with Crippen molar-refractivity contribution in [3.05, 3.63) is 36.5 Å². The maximum absolute atomic E-state index is 12.6. The lowest BCUT2D eigenvalue weighted by molar-refractivity contribution is -0.124. The largest absolute Gasteiger partial charge is 0.472 e. The van der Waals surface area contributed by atoms with Gasteiger partial charge < -0.3 is 26.2 Å². The Labute approximate surface area is 262 Å². The fourth-order valence-corrected chi connectivity index (χ4v) is 5.18. The summed E-state index contributed by atoms with van der Waals surface area (Å²) in [7, 11) is -4.40. The van der Waals surface area contributed by atoms with Gasteiger partial charge in [0.1, 0.15) is 0 Å². The number of allylic oxidation sites excluding steroid dienone is 5. The first-order valence-electron chi connectivity index (χ1n) is 16.7. The van der Waals surface area contributed by atoms with Crippen LogP contribution >= 0.6 is 7.82 Å². The van der Waals surface area contributed by atoms with Crippen LogP contribution in [0.4, 0.5) is 0 Å². The number of rotatable bonds is 30. The third-order valence-electron chi connectivity index (χ3n) is 6.99. The highest BCUT2D eigenvalue weighted by Crippen LogP contribution is 2.43. The second-order valence-corrected chi connectivity index (χ2v) is 12.6. The first kappa shape index (κ1) is 41.7. The molecular formula is C33H63N2O7P. The second kappa shape index (κ2) is 29.4. The number of aliphatic hydroxyl groups is 2. The van der Waals surface area contributed by atoms with E-state index in [0.717, 1.165) is 32.1 Å². The maximum Gasteiger partial charge on any atom is 0.472 e. The highest BCUT2D eigenvalue weighted by molar-refractivity contribution is 7.47. The summed E-state index contributed by atoms with van der Waals surface area (Å²) in [6.07, 6.45) is 28.2. The van der Waals surface area contributed by atoms with Gasteiger partial charge in [0, 0.05) is 6.54 Å². The molecule has 0 radical (unpaired) electrons. The maximum atomic E-state index is 12.6. The van der Waals surface area contributed by atoms with Gasteiger partial charge in [-0.25, -0.2) is 4.57 Å². The first-order chi connectivity index (χ1) is 20.8. The molecule has 10 heteroatoms.